The molecule has 0 aromatic rings. The summed E-state index contributed by atoms with van der Waals surface area (Å²) in [5, 5.41) is 8.88. The summed E-state index contributed by atoms with van der Waals surface area (Å²) in [6.45, 7) is 5.30. The van der Waals surface area contributed by atoms with Gasteiger partial charge in [-0.1, -0.05) is 6.08 Å². The number of thioether (sulfide) groups is 1. The molecule has 6 nitrogen and oxygen atoms in total. The Balaban J connectivity index is 2.17. The number of rotatable bonds is 5. The van der Waals surface area contributed by atoms with Gasteiger partial charge in [0, 0.05) is 18.7 Å². The van der Waals surface area contributed by atoms with Crippen LogP contribution in [0.3, 0.4) is 0 Å². The molecule has 0 aromatic heterocycles. The minimum atomic E-state index is -1.07. The molecule has 2 amide bonds. The van der Waals surface area contributed by atoms with E-state index in [0.717, 1.165) is 6.42 Å². The number of carbonyl (C=O) groups is 3. The van der Waals surface area contributed by atoms with Gasteiger partial charge in [0.15, 0.2) is 0 Å². The molecule has 2 aliphatic rings. The summed E-state index contributed by atoms with van der Waals surface area (Å²) < 4.78 is 0. The van der Waals surface area contributed by atoms with Crippen LogP contribution in [-0.4, -0.2) is 62.4 Å². The van der Waals surface area contributed by atoms with Gasteiger partial charge in [-0.25, -0.2) is 0 Å². The van der Waals surface area contributed by atoms with Crippen LogP contribution in [-0.2, 0) is 14.4 Å². The Labute approximate surface area is 121 Å². The Hall–Kier alpha value is -1.50. The van der Waals surface area contributed by atoms with Crippen molar-refractivity contribution in [3.05, 3.63) is 12.7 Å². The number of carbonyl (C=O) groups excluding carboxylic acids is 2. The van der Waals surface area contributed by atoms with Crippen LogP contribution in [0.2, 0.25) is 0 Å². The molecular formula is C13H18N2O4S. The monoisotopic (exact) mass is 298 g/mol. The highest BCUT2D eigenvalue weighted by Crippen LogP contribution is 2.47. The fourth-order valence-corrected chi connectivity index (χ4v) is 4.19. The minimum Gasteiger partial charge on any atom is -0.480 e. The maximum atomic E-state index is 12.5. The average Bonchev–Trinajstić information content (AvgIpc) is 2.85. The first-order valence-electron chi connectivity index (χ1n) is 6.46. The summed E-state index contributed by atoms with van der Waals surface area (Å²) >= 11 is 1.59. The van der Waals surface area contributed by atoms with E-state index in [9.17, 15) is 14.4 Å². The molecule has 0 saturated carbocycles. The van der Waals surface area contributed by atoms with Gasteiger partial charge in [0.25, 0.3) is 0 Å². The van der Waals surface area contributed by atoms with Crippen molar-refractivity contribution in [3.8, 4) is 0 Å². The Morgan fingerprint density at radius 2 is 2.35 bits per heavy atom. The number of fused-ring (bicyclic) bond motifs is 1. The summed E-state index contributed by atoms with van der Waals surface area (Å²) in [4.78, 5) is 37.9. The fourth-order valence-electron chi connectivity index (χ4n) is 2.77. The van der Waals surface area contributed by atoms with Gasteiger partial charge in [0.05, 0.1) is 4.87 Å². The highest BCUT2D eigenvalue weighted by Gasteiger charge is 2.53. The molecule has 110 valence electrons. The molecular weight excluding hydrogens is 280 g/mol. The Kier molecular flexibility index (Phi) is 4.08. The van der Waals surface area contributed by atoms with Crippen molar-refractivity contribution in [1.82, 2.24) is 9.80 Å². The van der Waals surface area contributed by atoms with E-state index in [1.54, 1.807) is 16.7 Å². The summed E-state index contributed by atoms with van der Waals surface area (Å²) in [5.41, 5.74) is 0. The SMILES string of the molecule is C=CCN(CC(=O)O)C(=O)C1CSC2(C)CCC(=O)N12. The normalized spacial score (nSPS) is 28.4. The van der Waals surface area contributed by atoms with Crippen LogP contribution in [0.4, 0.5) is 0 Å². The molecule has 2 aliphatic heterocycles. The molecule has 2 saturated heterocycles. The van der Waals surface area contributed by atoms with Crippen molar-refractivity contribution in [1.29, 1.82) is 0 Å². The van der Waals surface area contributed by atoms with Crippen molar-refractivity contribution >= 4 is 29.5 Å². The molecule has 0 aromatic carbocycles. The molecule has 20 heavy (non-hydrogen) atoms. The van der Waals surface area contributed by atoms with E-state index in [2.05, 4.69) is 6.58 Å². The molecule has 2 fully saturated rings. The van der Waals surface area contributed by atoms with Gasteiger partial charge in [-0.3, -0.25) is 14.4 Å². The number of carboxylic acid groups (broad SMARTS) is 1. The van der Waals surface area contributed by atoms with E-state index in [1.807, 2.05) is 6.92 Å². The zero-order valence-electron chi connectivity index (χ0n) is 11.4. The summed E-state index contributed by atoms with van der Waals surface area (Å²) in [5.74, 6) is -0.876. The van der Waals surface area contributed by atoms with E-state index >= 15 is 0 Å². The Morgan fingerprint density at radius 1 is 1.65 bits per heavy atom. The third-order valence-corrected chi connectivity index (χ3v) is 5.22. The van der Waals surface area contributed by atoms with Gasteiger partial charge in [-0.05, 0) is 13.3 Å². The number of carboxylic acids is 1. The van der Waals surface area contributed by atoms with Crippen LogP contribution in [0.5, 0.6) is 0 Å². The van der Waals surface area contributed by atoms with Gasteiger partial charge in [-0.15, -0.1) is 18.3 Å². The van der Waals surface area contributed by atoms with Crippen LogP contribution in [0.25, 0.3) is 0 Å². The molecule has 2 rings (SSSR count). The standard InChI is InChI=1S/C13H18N2O4S/c1-3-6-14(7-11(17)18)12(19)9-8-20-13(2)5-4-10(16)15(9)13/h3,9H,1,4-8H2,2H3,(H,17,18). The minimum absolute atomic E-state index is 0.0234. The number of amides is 2. The van der Waals surface area contributed by atoms with Crippen molar-refractivity contribution < 1.29 is 19.5 Å². The first kappa shape index (κ1) is 14.9. The topological polar surface area (TPSA) is 77.9 Å². The lowest BCUT2D eigenvalue weighted by atomic mass is 10.2. The summed E-state index contributed by atoms with van der Waals surface area (Å²) in [6.07, 6.45) is 2.68. The Morgan fingerprint density at radius 3 is 2.95 bits per heavy atom. The van der Waals surface area contributed by atoms with Crippen LogP contribution < -0.4 is 0 Å². The molecule has 0 bridgehead atoms. The third-order valence-electron chi connectivity index (χ3n) is 3.72. The number of hydrogen-bond acceptors (Lipinski definition) is 4. The predicted molar refractivity (Wildman–Crippen MR) is 75.1 cm³/mol. The van der Waals surface area contributed by atoms with Crippen molar-refractivity contribution in [3.63, 3.8) is 0 Å². The first-order valence-corrected chi connectivity index (χ1v) is 7.45. The molecule has 0 aliphatic carbocycles. The highest BCUT2D eigenvalue weighted by molar-refractivity contribution is 8.01. The second kappa shape index (κ2) is 5.47. The van der Waals surface area contributed by atoms with Crippen LogP contribution >= 0.6 is 11.8 Å². The van der Waals surface area contributed by atoms with E-state index in [4.69, 9.17) is 5.11 Å². The quantitative estimate of drug-likeness (QED) is 0.750. The van der Waals surface area contributed by atoms with E-state index < -0.39 is 12.0 Å². The van der Waals surface area contributed by atoms with Crippen molar-refractivity contribution in [2.75, 3.05) is 18.8 Å². The van der Waals surface area contributed by atoms with Crippen LogP contribution in [0.1, 0.15) is 19.8 Å². The van der Waals surface area contributed by atoms with Crippen molar-refractivity contribution in [2.24, 2.45) is 0 Å². The van der Waals surface area contributed by atoms with E-state index in [0.29, 0.717) is 12.2 Å². The molecule has 0 spiro atoms. The lowest BCUT2D eigenvalue weighted by Gasteiger charge is -2.32. The largest absolute Gasteiger partial charge is 0.480 e. The van der Waals surface area contributed by atoms with E-state index in [1.165, 1.54) is 11.0 Å². The first-order chi connectivity index (χ1) is 9.39. The van der Waals surface area contributed by atoms with Gasteiger partial charge >= 0.3 is 5.97 Å². The van der Waals surface area contributed by atoms with E-state index in [-0.39, 0.29) is 29.8 Å². The maximum Gasteiger partial charge on any atom is 0.323 e. The summed E-state index contributed by atoms with van der Waals surface area (Å²) in [7, 11) is 0. The lowest BCUT2D eigenvalue weighted by Crippen LogP contribution is -2.52. The second-order valence-corrected chi connectivity index (χ2v) is 6.67. The fraction of sp³-hybridized carbons (Fsp3) is 0.615. The number of nitrogens with zero attached hydrogens (tertiary/aromatic N) is 2. The molecule has 2 heterocycles. The van der Waals surface area contributed by atoms with Crippen LogP contribution in [0, 0.1) is 0 Å². The van der Waals surface area contributed by atoms with Gasteiger partial charge in [-0.2, -0.15) is 0 Å². The molecule has 0 radical (unpaired) electrons. The zero-order valence-corrected chi connectivity index (χ0v) is 12.2. The summed E-state index contributed by atoms with van der Waals surface area (Å²) in [6, 6.07) is -0.556. The predicted octanol–water partition coefficient (Wildman–Crippen LogP) is 0.540. The lowest BCUT2D eigenvalue weighted by molar-refractivity contribution is -0.148. The number of hydrogen-bond donors (Lipinski definition) is 1. The molecule has 1 N–H and O–H groups in total. The molecule has 2 atom stereocenters. The second-order valence-electron chi connectivity index (χ2n) is 5.17. The van der Waals surface area contributed by atoms with Gasteiger partial charge in [0.1, 0.15) is 12.6 Å². The van der Waals surface area contributed by atoms with Gasteiger partial charge < -0.3 is 14.9 Å². The zero-order chi connectivity index (χ0) is 14.9. The van der Waals surface area contributed by atoms with Crippen molar-refractivity contribution in [2.45, 2.75) is 30.7 Å². The maximum absolute atomic E-state index is 12.5. The Bertz CT molecular complexity index is 467. The average molecular weight is 298 g/mol. The smallest absolute Gasteiger partial charge is 0.323 e. The number of aliphatic carboxylic acids is 1. The molecule has 7 heteroatoms. The van der Waals surface area contributed by atoms with Gasteiger partial charge in [0.2, 0.25) is 11.8 Å². The van der Waals surface area contributed by atoms with Crippen LogP contribution in [0.15, 0.2) is 12.7 Å². The molecule has 2 unspecified atom stereocenters. The third kappa shape index (κ3) is 2.54. The highest BCUT2D eigenvalue weighted by atomic mass is 32.2.